The molecule has 0 spiro atoms. The summed E-state index contributed by atoms with van der Waals surface area (Å²) < 4.78 is 16.0. The van der Waals surface area contributed by atoms with Crippen LogP contribution in [0.2, 0.25) is 0 Å². The van der Waals surface area contributed by atoms with Gasteiger partial charge in [0.2, 0.25) is 5.95 Å². The summed E-state index contributed by atoms with van der Waals surface area (Å²) in [7, 11) is 0. The monoisotopic (exact) mass is 525 g/mol. The number of carbonyl (C=O) groups excluding carboxylic acids is 1. The molecule has 4 heterocycles. The van der Waals surface area contributed by atoms with Crippen LogP contribution in [-0.4, -0.2) is 27.0 Å². The molecule has 9 heteroatoms. The van der Waals surface area contributed by atoms with Gasteiger partial charge in [0.15, 0.2) is 5.13 Å². The number of nitrogens with one attached hydrogen (secondary N) is 1. The third kappa shape index (κ3) is 4.84. The lowest BCUT2D eigenvalue weighted by Gasteiger charge is -2.25. The first-order valence-corrected chi connectivity index (χ1v) is 12.3. The van der Waals surface area contributed by atoms with Gasteiger partial charge < -0.3 is 9.47 Å². The van der Waals surface area contributed by atoms with Crippen LogP contribution >= 0.6 is 27.3 Å². The van der Waals surface area contributed by atoms with Gasteiger partial charge in [-0.1, -0.05) is 18.2 Å². The van der Waals surface area contributed by atoms with E-state index in [1.54, 1.807) is 22.9 Å². The van der Waals surface area contributed by atoms with E-state index in [0.717, 1.165) is 35.1 Å². The van der Waals surface area contributed by atoms with E-state index in [9.17, 15) is 9.18 Å². The van der Waals surface area contributed by atoms with E-state index >= 15 is 0 Å². The zero-order valence-electron chi connectivity index (χ0n) is 17.6. The Hall–Kier alpha value is -3.04. The Morgan fingerprint density at radius 3 is 2.91 bits per heavy atom. The topological polar surface area (TPSA) is 63.1 Å². The second kappa shape index (κ2) is 9.44. The van der Waals surface area contributed by atoms with Gasteiger partial charge in [-0.05, 0) is 64.7 Å². The highest BCUT2D eigenvalue weighted by molar-refractivity contribution is 9.10. The predicted octanol–water partition coefficient (Wildman–Crippen LogP) is 5.88. The Kier molecular flexibility index (Phi) is 6.24. The van der Waals surface area contributed by atoms with E-state index in [1.807, 2.05) is 23.6 Å². The summed E-state index contributed by atoms with van der Waals surface area (Å²) in [6.07, 6.45) is 5.36. The number of halogens is 2. The van der Waals surface area contributed by atoms with Crippen LogP contribution in [-0.2, 0) is 6.54 Å². The standard InChI is InChI=1S/C24H21BrFN5OS/c25-17-12-21(30(14-17)13-16-8-9-27-22(26)11-16)23(32)29-24-28-19(15-33-24)20-7-4-10-31(20)18-5-2-1-3-6-18/h1-3,5-6,8-9,11-12,14-15,20H,4,7,10,13H2,(H,28,29,32)/t20-/m1/s1. The number of hydrogen-bond acceptors (Lipinski definition) is 5. The van der Waals surface area contributed by atoms with Gasteiger partial charge in [-0.3, -0.25) is 10.1 Å². The molecule has 0 aliphatic carbocycles. The van der Waals surface area contributed by atoms with Gasteiger partial charge in [-0.2, -0.15) is 4.39 Å². The van der Waals surface area contributed by atoms with E-state index in [2.05, 4.69) is 43.3 Å². The van der Waals surface area contributed by atoms with Crippen molar-refractivity contribution in [2.24, 2.45) is 0 Å². The number of anilines is 2. The van der Waals surface area contributed by atoms with Crippen molar-refractivity contribution in [1.29, 1.82) is 0 Å². The SMILES string of the molecule is O=C(Nc1nc([C@H]2CCCN2c2ccccc2)cs1)c1cc(Br)cn1Cc1ccnc(F)c1. The quantitative estimate of drug-likeness (QED) is 0.319. The fourth-order valence-electron chi connectivity index (χ4n) is 4.19. The van der Waals surface area contributed by atoms with Crippen molar-refractivity contribution in [2.45, 2.75) is 25.4 Å². The van der Waals surface area contributed by atoms with Crippen molar-refractivity contribution >= 4 is 44.0 Å². The number of nitrogens with zero attached hydrogens (tertiary/aromatic N) is 4. The zero-order valence-corrected chi connectivity index (χ0v) is 20.0. The van der Waals surface area contributed by atoms with E-state index in [0.29, 0.717) is 17.4 Å². The van der Waals surface area contributed by atoms with Gasteiger partial charge >= 0.3 is 0 Å². The molecule has 1 N–H and O–H groups in total. The van der Waals surface area contributed by atoms with Crippen molar-refractivity contribution in [3.63, 3.8) is 0 Å². The van der Waals surface area contributed by atoms with Crippen molar-refractivity contribution in [2.75, 3.05) is 16.8 Å². The van der Waals surface area contributed by atoms with Gasteiger partial charge in [0.1, 0.15) is 5.69 Å². The molecule has 0 unspecified atom stereocenters. The molecule has 6 nitrogen and oxygen atoms in total. The average molecular weight is 526 g/mol. The highest BCUT2D eigenvalue weighted by Gasteiger charge is 2.28. The van der Waals surface area contributed by atoms with E-state index in [4.69, 9.17) is 4.98 Å². The highest BCUT2D eigenvalue weighted by atomic mass is 79.9. The number of amides is 1. The molecule has 0 radical (unpaired) electrons. The summed E-state index contributed by atoms with van der Waals surface area (Å²) in [6, 6.07) is 15.4. The second-order valence-corrected chi connectivity index (χ2v) is 9.65. The van der Waals surface area contributed by atoms with Crippen LogP contribution in [0, 0.1) is 5.95 Å². The van der Waals surface area contributed by atoms with Crippen LogP contribution in [0.25, 0.3) is 0 Å². The third-order valence-corrected chi connectivity index (χ3v) is 6.87. The minimum Gasteiger partial charge on any atom is -0.363 e. The van der Waals surface area contributed by atoms with Gasteiger partial charge in [-0.25, -0.2) is 9.97 Å². The second-order valence-electron chi connectivity index (χ2n) is 7.88. The molecule has 33 heavy (non-hydrogen) atoms. The summed E-state index contributed by atoms with van der Waals surface area (Å²) >= 11 is 4.86. The van der Waals surface area contributed by atoms with E-state index in [1.165, 1.54) is 29.3 Å². The minimum atomic E-state index is -0.545. The summed E-state index contributed by atoms with van der Waals surface area (Å²) in [4.78, 5) is 23.7. The summed E-state index contributed by atoms with van der Waals surface area (Å²) in [5, 5.41) is 5.52. The van der Waals surface area contributed by atoms with Crippen LogP contribution in [0.4, 0.5) is 15.2 Å². The molecule has 1 fully saturated rings. The van der Waals surface area contributed by atoms with Crippen molar-refractivity contribution in [3.05, 3.63) is 93.7 Å². The first-order valence-electron chi connectivity index (χ1n) is 10.6. The van der Waals surface area contributed by atoms with Crippen molar-refractivity contribution < 1.29 is 9.18 Å². The Morgan fingerprint density at radius 2 is 2.09 bits per heavy atom. The van der Waals surface area contributed by atoms with Crippen LogP contribution < -0.4 is 10.2 Å². The molecule has 4 aromatic rings. The summed E-state index contributed by atoms with van der Waals surface area (Å²) in [6.45, 7) is 1.34. The van der Waals surface area contributed by atoms with Gasteiger partial charge in [0.25, 0.3) is 5.91 Å². The van der Waals surface area contributed by atoms with Crippen LogP contribution in [0.1, 0.15) is 40.6 Å². The Bertz CT molecular complexity index is 1270. The molecule has 168 valence electrons. The lowest BCUT2D eigenvalue weighted by atomic mass is 10.1. The molecular weight excluding hydrogens is 505 g/mol. The maximum absolute atomic E-state index is 13.5. The number of carbonyl (C=O) groups is 1. The summed E-state index contributed by atoms with van der Waals surface area (Å²) in [5.74, 6) is -0.807. The first kappa shape index (κ1) is 21.8. The third-order valence-electron chi connectivity index (χ3n) is 5.66. The molecule has 3 aromatic heterocycles. The largest absolute Gasteiger partial charge is 0.363 e. The number of hydrogen-bond donors (Lipinski definition) is 1. The normalized spacial score (nSPS) is 15.7. The highest BCUT2D eigenvalue weighted by Crippen LogP contribution is 2.37. The molecule has 1 aromatic carbocycles. The van der Waals surface area contributed by atoms with Crippen LogP contribution in [0.3, 0.4) is 0 Å². The smallest absolute Gasteiger partial charge is 0.274 e. The predicted molar refractivity (Wildman–Crippen MR) is 131 cm³/mol. The number of para-hydroxylation sites is 1. The lowest BCUT2D eigenvalue weighted by molar-refractivity contribution is 0.101. The maximum Gasteiger partial charge on any atom is 0.274 e. The Labute approximate surface area is 203 Å². The zero-order chi connectivity index (χ0) is 22.8. The van der Waals surface area contributed by atoms with Crippen LogP contribution in [0.15, 0.2) is 70.8 Å². The Morgan fingerprint density at radius 1 is 1.24 bits per heavy atom. The molecule has 0 saturated carbocycles. The first-order chi connectivity index (χ1) is 16.1. The molecule has 1 saturated heterocycles. The van der Waals surface area contributed by atoms with E-state index in [-0.39, 0.29) is 11.9 Å². The van der Waals surface area contributed by atoms with Crippen molar-refractivity contribution in [1.82, 2.24) is 14.5 Å². The minimum absolute atomic E-state index is 0.203. The van der Waals surface area contributed by atoms with Gasteiger partial charge in [0.05, 0.1) is 11.7 Å². The molecule has 5 rings (SSSR count). The molecule has 0 bridgehead atoms. The fourth-order valence-corrected chi connectivity index (χ4v) is 5.41. The maximum atomic E-state index is 13.5. The van der Waals surface area contributed by atoms with Crippen LogP contribution in [0.5, 0.6) is 0 Å². The molecule has 1 amide bonds. The number of aromatic nitrogens is 3. The van der Waals surface area contributed by atoms with Gasteiger partial charge in [0, 0.05) is 41.0 Å². The van der Waals surface area contributed by atoms with Gasteiger partial charge in [-0.15, -0.1) is 11.3 Å². The Balaban J connectivity index is 1.32. The lowest BCUT2D eigenvalue weighted by Crippen LogP contribution is -2.22. The molecule has 1 atom stereocenters. The fraction of sp³-hybridized carbons (Fsp3) is 0.208. The van der Waals surface area contributed by atoms with Crippen molar-refractivity contribution in [3.8, 4) is 0 Å². The van der Waals surface area contributed by atoms with E-state index < -0.39 is 5.95 Å². The molecule has 1 aliphatic rings. The number of pyridine rings is 1. The summed E-state index contributed by atoms with van der Waals surface area (Å²) in [5.41, 5.74) is 3.34. The number of benzene rings is 1. The molecular formula is C24H21BrFN5OS. The number of thiazole rings is 1. The molecule has 1 aliphatic heterocycles. The average Bonchev–Trinajstić information content (AvgIpc) is 3.54. The number of rotatable bonds is 6.